The minimum atomic E-state index is -0.342. The molecule has 0 aliphatic heterocycles. The maximum absolute atomic E-state index is 12.3. The van der Waals surface area contributed by atoms with Gasteiger partial charge < -0.3 is 9.47 Å². The van der Waals surface area contributed by atoms with Crippen LogP contribution in [-0.2, 0) is 0 Å². The molecule has 126 valence electrons. The predicted octanol–water partition coefficient (Wildman–Crippen LogP) is 3.41. The number of halogens is 1. The normalized spacial score (nSPS) is 11.1. The van der Waals surface area contributed by atoms with Crippen molar-refractivity contribution in [3.05, 3.63) is 52.3 Å². The van der Waals surface area contributed by atoms with E-state index in [0.29, 0.717) is 33.9 Å². The van der Waals surface area contributed by atoms with Crippen LogP contribution in [0.3, 0.4) is 0 Å². The van der Waals surface area contributed by atoms with Gasteiger partial charge in [0.25, 0.3) is 5.91 Å². The number of carbonyl (C=O) groups excluding carboxylic acids is 1. The molecule has 6 nitrogen and oxygen atoms in total. The molecule has 0 saturated carbocycles. The van der Waals surface area contributed by atoms with Gasteiger partial charge in [-0.15, -0.1) is 0 Å². The fourth-order valence-electron chi connectivity index (χ4n) is 1.99. The number of ether oxygens (including phenoxy) is 2. The molecule has 0 atom stereocenters. The minimum Gasteiger partial charge on any atom is -0.493 e. The molecule has 2 rings (SSSR count). The van der Waals surface area contributed by atoms with Crippen molar-refractivity contribution in [2.45, 2.75) is 13.8 Å². The number of carbonyl (C=O) groups is 1. The molecule has 2 aromatic rings. The summed E-state index contributed by atoms with van der Waals surface area (Å²) in [5.41, 5.74) is 4.52. The summed E-state index contributed by atoms with van der Waals surface area (Å²) in [4.78, 5) is 16.3. The third-order valence-electron chi connectivity index (χ3n) is 3.20. The number of nitrogens with one attached hydrogen (secondary N) is 1. The zero-order valence-corrected chi connectivity index (χ0v) is 15.3. The summed E-state index contributed by atoms with van der Waals surface area (Å²) in [5, 5.41) is 4.12. The molecule has 7 heteroatoms. The van der Waals surface area contributed by atoms with Crippen molar-refractivity contribution in [1.82, 2.24) is 10.4 Å². The molecule has 1 amide bonds. The van der Waals surface area contributed by atoms with Gasteiger partial charge in [0.2, 0.25) is 0 Å². The SMILES string of the molecule is CCOc1c(Br)cc(C(=O)N/N=C(/C)c2ccncc2)cc1OC. The maximum atomic E-state index is 12.3. The molecule has 0 aliphatic rings. The zero-order valence-electron chi connectivity index (χ0n) is 13.7. The number of aromatic nitrogens is 1. The third-order valence-corrected chi connectivity index (χ3v) is 3.79. The van der Waals surface area contributed by atoms with E-state index in [1.165, 1.54) is 7.11 Å². The quantitative estimate of drug-likeness (QED) is 0.604. The average molecular weight is 392 g/mol. The van der Waals surface area contributed by atoms with Gasteiger partial charge in [0, 0.05) is 23.5 Å². The number of amides is 1. The minimum absolute atomic E-state index is 0.342. The van der Waals surface area contributed by atoms with E-state index in [1.54, 1.807) is 24.5 Å². The van der Waals surface area contributed by atoms with E-state index >= 15 is 0 Å². The van der Waals surface area contributed by atoms with Crippen LogP contribution in [0.5, 0.6) is 11.5 Å². The van der Waals surface area contributed by atoms with Gasteiger partial charge in [-0.3, -0.25) is 9.78 Å². The highest BCUT2D eigenvalue weighted by Gasteiger charge is 2.15. The van der Waals surface area contributed by atoms with Gasteiger partial charge in [-0.1, -0.05) is 0 Å². The Hall–Kier alpha value is -2.41. The Labute approximate surface area is 149 Å². The summed E-state index contributed by atoms with van der Waals surface area (Å²) in [5.74, 6) is 0.699. The standard InChI is InChI=1S/C17H18BrN3O3/c1-4-24-16-14(18)9-13(10-15(16)23-3)17(22)21-20-11(2)12-5-7-19-8-6-12/h5-10H,4H2,1-3H3,(H,21,22)/b20-11-. The van der Waals surface area contributed by atoms with Gasteiger partial charge in [0.15, 0.2) is 11.5 Å². The molecule has 0 fully saturated rings. The van der Waals surface area contributed by atoms with Gasteiger partial charge in [0.1, 0.15) is 0 Å². The summed E-state index contributed by atoms with van der Waals surface area (Å²) in [6, 6.07) is 6.92. The Balaban J connectivity index is 2.19. The Morgan fingerprint density at radius 3 is 2.62 bits per heavy atom. The summed E-state index contributed by atoms with van der Waals surface area (Å²) in [7, 11) is 1.53. The van der Waals surface area contributed by atoms with Crippen LogP contribution >= 0.6 is 15.9 Å². The number of hydrogen-bond donors (Lipinski definition) is 1. The van der Waals surface area contributed by atoms with E-state index in [2.05, 4.69) is 31.4 Å². The van der Waals surface area contributed by atoms with Crippen LogP contribution in [0.1, 0.15) is 29.8 Å². The van der Waals surface area contributed by atoms with Gasteiger partial charge in [-0.05, 0) is 54.0 Å². The highest BCUT2D eigenvalue weighted by Crippen LogP contribution is 2.36. The fraction of sp³-hybridized carbons (Fsp3) is 0.235. The molecule has 24 heavy (non-hydrogen) atoms. The van der Waals surface area contributed by atoms with Crippen LogP contribution in [0.2, 0.25) is 0 Å². The smallest absolute Gasteiger partial charge is 0.271 e. The number of rotatable bonds is 6. The van der Waals surface area contributed by atoms with Crippen molar-refractivity contribution in [2.75, 3.05) is 13.7 Å². The molecule has 1 heterocycles. The summed E-state index contributed by atoms with van der Waals surface area (Å²) in [6.07, 6.45) is 3.34. The van der Waals surface area contributed by atoms with Crippen molar-refractivity contribution in [3.8, 4) is 11.5 Å². The lowest BCUT2D eigenvalue weighted by molar-refractivity contribution is 0.0954. The van der Waals surface area contributed by atoms with Crippen molar-refractivity contribution < 1.29 is 14.3 Å². The van der Waals surface area contributed by atoms with Gasteiger partial charge in [-0.2, -0.15) is 5.10 Å². The molecule has 0 radical (unpaired) electrons. The van der Waals surface area contributed by atoms with Crippen LogP contribution in [0, 0.1) is 0 Å². The topological polar surface area (TPSA) is 72.8 Å². The number of hydrazone groups is 1. The molecular formula is C17H18BrN3O3. The zero-order chi connectivity index (χ0) is 17.5. The first-order valence-electron chi connectivity index (χ1n) is 7.32. The van der Waals surface area contributed by atoms with Crippen LogP contribution in [0.4, 0.5) is 0 Å². The molecular weight excluding hydrogens is 374 g/mol. The van der Waals surface area contributed by atoms with E-state index in [0.717, 1.165) is 5.56 Å². The van der Waals surface area contributed by atoms with Gasteiger partial charge in [0.05, 0.1) is 23.9 Å². The van der Waals surface area contributed by atoms with Crippen molar-refractivity contribution >= 4 is 27.5 Å². The number of hydrogen-bond acceptors (Lipinski definition) is 5. The van der Waals surface area contributed by atoms with Crippen molar-refractivity contribution in [3.63, 3.8) is 0 Å². The lowest BCUT2D eigenvalue weighted by atomic mass is 10.2. The second-order valence-corrected chi connectivity index (χ2v) is 5.65. The summed E-state index contributed by atoms with van der Waals surface area (Å²) >= 11 is 3.40. The largest absolute Gasteiger partial charge is 0.493 e. The van der Waals surface area contributed by atoms with Crippen molar-refractivity contribution in [2.24, 2.45) is 5.10 Å². The van der Waals surface area contributed by atoms with Gasteiger partial charge >= 0.3 is 0 Å². The third kappa shape index (κ3) is 4.32. The molecule has 1 aromatic heterocycles. The molecule has 0 unspecified atom stereocenters. The molecule has 0 saturated heterocycles. The molecule has 1 aromatic carbocycles. The number of pyridine rings is 1. The van der Waals surface area contributed by atoms with Crippen LogP contribution in [0.25, 0.3) is 0 Å². The molecule has 0 aliphatic carbocycles. The highest BCUT2D eigenvalue weighted by molar-refractivity contribution is 9.10. The number of nitrogens with zero attached hydrogens (tertiary/aromatic N) is 2. The lowest BCUT2D eigenvalue weighted by Crippen LogP contribution is -2.19. The Morgan fingerprint density at radius 2 is 2.00 bits per heavy atom. The van der Waals surface area contributed by atoms with Crippen molar-refractivity contribution in [1.29, 1.82) is 0 Å². The fourth-order valence-corrected chi connectivity index (χ4v) is 2.55. The Kier molecular flexibility index (Phi) is 6.31. The van der Waals surface area contributed by atoms with E-state index in [-0.39, 0.29) is 5.91 Å². The first-order valence-corrected chi connectivity index (χ1v) is 8.11. The molecule has 0 bridgehead atoms. The Bertz CT molecular complexity index is 748. The first-order chi connectivity index (χ1) is 11.6. The maximum Gasteiger partial charge on any atom is 0.271 e. The predicted molar refractivity (Wildman–Crippen MR) is 95.8 cm³/mol. The Morgan fingerprint density at radius 1 is 1.29 bits per heavy atom. The monoisotopic (exact) mass is 391 g/mol. The average Bonchev–Trinajstić information content (AvgIpc) is 2.61. The number of benzene rings is 1. The second kappa shape index (κ2) is 8.44. The van der Waals surface area contributed by atoms with E-state index in [4.69, 9.17) is 9.47 Å². The second-order valence-electron chi connectivity index (χ2n) is 4.80. The molecule has 0 spiro atoms. The van der Waals surface area contributed by atoms with E-state index in [9.17, 15) is 4.79 Å². The molecule has 1 N–H and O–H groups in total. The number of methoxy groups -OCH3 is 1. The van der Waals surface area contributed by atoms with Crippen LogP contribution in [0.15, 0.2) is 46.2 Å². The first kappa shape index (κ1) is 17.9. The lowest BCUT2D eigenvalue weighted by Gasteiger charge is -2.12. The summed E-state index contributed by atoms with van der Waals surface area (Å²) in [6.45, 7) is 4.18. The van der Waals surface area contributed by atoms with Gasteiger partial charge in [-0.25, -0.2) is 5.43 Å². The van der Waals surface area contributed by atoms with E-state index < -0.39 is 0 Å². The van der Waals surface area contributed by atoms with Crippen LogP contribution in [-0.4, -0.2) is 30.3 Å². The summed E-state index contributed by atoms with van der Waals surface area (Å²) < 4.78 is 11.4. The highest BCUT2D eigenvalue weighted by atomic mass is 79.9. The van der Waals surface area contributed by atoms with E-state index in [1.807, 2.05) is 26.0 Å². The van der Waals surface area contributed by atoms with Crippen LogP contribution < -0.4 is 14.9 Å².